The molecule has 0 aromatic carbocycles. The van der Waals surface area contributed by atoms with Crippen LogP contribution < -0.4 is 5.73 Å². The van der Waals surface area contributed by atoms with E-state index in [1.807, 2.05) is 13.0 Å². The third-order valence-corrected chi connectivity index (χ3v) is 3.31. The monoisotopic (exact) mass is 261 g/mol. The fourth-order valence-corrected chi connectivity index (χ4v) is 2.60. The van der Waals surface area contributed by atoms with Crippen molar-refractivity contribution in [3.8, 4) is 0 Å². The number of nitrogens with two attached hydrogens (primary N) is 1. The van der Waals surface area contributed by atoms with E-state index in [1.54, 1.807) is 6.20 Å². The van der Waals surface area contributed by atoms with Gasteiger partial charge in [0.05, 0.1) is 0 Å². The van der Waals surface area contributed by atoms with Crippen LogP contribution in [0.4, 0.5) is 5.82 Å². The molecular formula is C12H15N5S. The maximum Gasteiger partial charge on any atom is 0.194 e. The maximum absolute atomic E-state index is 5.90. The van der Waals surface area contributed by atoms with Gasteiger partial charge in [-0.25, -0.2) is 19.9 Å². The molecule has 2 aromatic heterocycles. The summed E-state index contributed by atoms with van der Waals surface area (Å²) in [4.78, 5) is 16.9. The Hall–Kier alpha value is -1.69. The Balaban J connectivity index is 2.37. The van der Waals surface area contributed by atoms with E-state index in [2.05, 4.69) is 33.8 Å². The van der Waals surface area contributed by atoms with Gasteiger partial charge in [-0.15, -0.1) is 0 Å². The van der Waals surface area contributed by atoms with Crippen LogP contribution in [0.15, 0.2) is 28.8 Å². The number of hydrogen-bond donors (Lipinski definition) is 1. The van der Waals surface area contributed by atoms with Gasteiger partial charge in [0.1, 0.15) is 17.2 Å². The van der Waals surface area contributed by atoms with Crippen LogP contribution >= 0.6 is 11.8 Å². The number of hydrogen-bond acceptors (Lipinski definition) is 6. The molecule has 0 saturated heterocycles. The normalized spacial score (nSPS) is 10.9. The third kappa shape index (κ3) is 2.76. The predicted molar refractivity (Wildman–Crippen MR) is 71.4 cm³/mol. The molecule has 0 radical (unpaired) electrons. The SMILES string of the molecule is Cc1ccnc(Sc2ncnc(N)c2C(C)C)n1. The van der Waals surface area contributed by atoms with E-state index in [-0.39, 0.29) is 5.92 Å². The van der Waals surface area contributed by atoms with Gasteiger partial charge in [0.15, 0.2) is 5.16 Å². The molecule has 2 rings (SSSR count). The molecule has 0 aliphatic carbocycles. The molecule has 0 aliphatic rings. The first kappa shape index (κ1) is 12.8. The molecule has 0 fully saturated rings. The van der Waals surface area contributed by atoms with Crippen LogP contribution in [0.5, 0.6) is 0 Å². The average molecular weight is 261 g/mol. The van der Waals surface area contributed by atoms with Crippen molar-refractivity contribution in [2.24, 2.45) is 0 Å². The zero-order valence-electron chi connectivity index (χ0n) is 10.6. The van der Waals surface area contributed by atoms with Crippen molar-refractivity contribution in [2.45, 2.75) is 36.9 Å². The highest BCUT2D eigenvalue weighted by Gasteiger charge is 2.15. The third-order valence-electron chi connectivity index (χ3n) is 2.42. The summed E-state index contributed by atoms with van der Waals surface area (Å²) in [7, 11) is 0. The molecule has 2 heterocycles. The average Bonchev–Trinajstić information content (AvgIpc) is 2.28. The summed E-state index contributed by atoms with van der Waals surface area (Å²) in [5, 5.41) is 1.50. The van der Waals surface area contributed by atoms with Crippen molar-refractivity contribution in [3.63, 3.8) is 0 Å². The van der Waals surface area contributed by atoms with Gasteiger partial charge < -0.3 is 5.73 Å². The summed E-state index contributed by atoms with van der Waals surface area (Å²) in [6.07, 6.45) is 3.21. The maximum atomic E-state index is 5.90. The molecule has 6 heteroatoms. The Morgan fingerprint density at radius 2 is 2.00 bits per heavy atom. The minimum atomic E-state index is 0.263. The lowest BCUT2D eigenvalue weighted by Crippen LogP contribution is -2.03. The Kier molecular flexibility index (Phi) is 3.76. The number of nitrogen functional groups attached to an aromatic ring is 1. The first-order valence-electron chi connectivity index (χ1n) is 5.65. The lowest BCUT2D eigenvalue weighted by Gasteiger charge is -2.12. The van der Waals surface area contributed by atoms with E-state index in [0.717, 1.165) is 16.3 Å². The number of rotatable bonds is 3. The number of aryl methyl sites for hydroxylation is 1. The van der Waals surface area contributed by atoms with Gasteiger partial charge in [-0.05, 0) is 30.7 Å². The van der Waals surface area contributed by atoms with Gasteiger partial charge in [-0.2, -0.15) is 0 Å². The summed E-state index contributed by atoms with van der Waals surface area (Å²) in [5.41, 5.74) is 7.78. The van der Waals surface area contributed by atoms with Crippen LogP contribution in [0, 0.1) is 6.92 Å². The van der Waals surface area contributed by atoms with Crippen LogP contribution in [0.3, 0.4) is 0 Å². The standard InChI is InChI=1S/C12H15N5S/c1-7(2)9-10(13)15-6-16-11(9)18-12-14-5-4-8(3)17-12/h4-7H,1-3H3,(H2,13,15,16). The molecule has 18 heavy (non-hydrogen) atoms. The van der Waals surface area contributed by atoms with Crippen LogP contribution in [0.25, 0.3) is 0 Å². The van der Waals surface area contributed by atoms with Crippen LogP contribution in [0.1, 0.15) is 31.0 Å². The lowest BCUT2D eigenvalue weighted by molar-refractivity contribution is 0.805. The zero-order valence-corrected chi connectivity index (χ0v) is 11.4. The molecule has 5 nitrogen and oxygen atoms in total. The second-order valence-corrected chi connectivity index (χ2v) is 5.17. The van der Waals surface area contributed by atoms with E-state index < -0.39 is 0 Å². The van der Waals surface area contributed by atoms with Crippen molar-refractivity contribution in [3.05, 3.63) is 29.8 Å². The fourth-order valence-electron chi connectivity index (χ4n) is 1.58. The quantitative estimate of drug-likeness (QED) is 0.675. The summed E-state index contributed by atoms with van der Waals surface area (Å²) in [6, 6.07) is 1.86. The molecule has 0 saturated carbocycles. The first-order chi connectivity index (χ1) is 8.58. The predicted octanol–water partition coefficient (Wildman–Crippen LogP) is 2.43. The molecule has 2 N–H and O–H groups in total. The van der Waals surface area contributed by atoms with Gasteiger partial charge in [-0.3, -0.25) is 0 Å². The second kappa shape index (κ2) is 5.30. The first-order valence-corrected chi connectivity index (χ1v) is 6.47. The summed E-state index contributed by atoms with van der Waals surface area (Å²) in [5.74, 6) is 0.786. The number of anilines is 1. The van der Waals surface area contributed by atoms with E-state index in [9.17, 15) is 0 Å². The van der Waals surface area contributed by atoms with Crippen LogP contribution in [-0.4, -0.2) is 19.9 Å². The number of aromatic nitrogens is 4. The number of nitrogens with zero attached hydrogens (tertiary/aromatic N) is 4. The van der Waals surface area contributed by atoms with Crippen LogP contribution in [0.2, 0.25) is 0 Å². The highest BCUT2D eigenvalue weighted by atomic mass is 32.2. The van der Waals surface area contributed by atoms with Gasteiger partial charge in [0, 0.05) is 17.5 Å². The van der Waals surface area contributed by atoms with E-state index in [0.29, 0.717) is 11.0 Å². The van der Waals surface area contributed by atoms with Gasteiger partial charge in [0.2, 0.25) is 0 Å². The highest BCUT2D eigenvalue weighted by molar-refractivity contribution is 7.99. The van der Waals surface area contributed by atoms with E-state index >= 15 is 0 Å². The molecule has 0 atom stereocenters. The fraction of sp³-hybridized carbons (Fsp3) is 0.333. The topological polar surface area (TPSA) is 77.6 Å². The molecule has 94 valence electrons. The molecule has 2 aromatic rings. The van der Waals surface area contributed by atoms with Crippen LogP contribution in [-0.2, 0) is 0 Å². The second-order valence-electron chi connectivity index (χ2n) is 4.22. The molecule has 0 unspecified atom stereocenters. The molecule has 0 bridgehead atoms. The van der Waals surface area contributed by atoms with Crippen molar-refractivity contribution in [1.82, 2.24) is 19.9 Å². The van der Waals surface area contributed by atoms with Crippen molar-refractivity contribution in [1.29, 1.82) is 0 Å². The minimum absolute atomic E-state index is 0.263. The van der Waals surface area contributed by atoms with Gasteiger partial charge >= 0.3 is 0 Å². The van der Waals surface area contributed by atoms with E-state index in [1.165, 1.54) is 18.1 Å². The zero-order chi connectivity index (χ0) is 13.1. The smallest absolute Gasteiger partial charge is 0.194 e. The largest absolute Gasteiger partial charge is 0.383 e. The summed E-state index contributed by atoms with van der Waals surface area (Å²) >= 11 is 1.42. The van der Waals surface area contributed by atoms with Gasteiger partial charge in [0.25, 0.3) is 0 Å². The Morgan fingerprint density at radius 1 is 1.22 bits per heavy atom. The summed E-state index contributed by atoms with van der Waals surface area (Å²) < 4.78 is 0. The van der Waals surface area contributed by atoms with Gasteiger partial charge in [-0.1, -0.05) is 13.8 Å². The molecular weight excluding hydrogens is 246 g/mol. The molecule has 0 aliphatic heterocycles. The van der Waals surface area contributed by atoms with Crippen molar-refractivity contribution in [2.75, 3.05) is 5.73 Å². The Bertz CT molecular complexity index is 556. The highest BCUT2D eigenvalue weighted by Crippen LogP contribution is 2.32. The molecule has 0 amide bonds. The summed E-state index contributed by atoms with van der Waals surface area (Å²) in [6.45, 7) is 6.07. The van der Waals surface area contributed by atoms with E-state index in [4.69, 9.17) is 5.73 Å². The lowest BCUT2D eigenvalue weighted by atomic mass is 10.1. The molecule has 0 spiro atoms. The van der Waals surface area contributed by atoms with Crippen molar-refractivity contribution >= 4 is 17.6 Å². The van der Waals surface area contributed by atoms with Crippen molar-refractivity contribution < 1.29 is 0 Å². The minimum Gasteiger partial charge on any atom is -0.383 e. The Labute approximate surface area is 110 Å². The Morgan fingerprint density at radius 3 is 2.67 bits per heavy atom.